The minimum absolute atomic E-state index is 0.680. The largest absolute Gasteiger partial charge is 0.461 e. The van der Waals surface area contributed by atoms with E-state index in [0.717, 1.165) is 45.5 Å². The van der Waals surface area contributed by atoms with Gasteiger partial charge in [0.1, 0.15) is 17.2 Å². The molecule has 0 saturated heterocycles. The van der Waals surface area contributed by atoms with Crippen molar-refractivity contribution in [2.24, 2.45) is 0 Å². The van der Waals surface area contributed by atoms with E-state index in [4.69, 9.17) is 4.42 Å². The zero-order chi connectivity index (χ0) is 14.8. The van der Waals surface area contributed by atoms with Crippen molar-refractivity contribution < 1.29 is 4.42 Å². The van der Waals surface area contributed by atoms with Crippen LogP contribution in [0.2, 0.25) is 0 Å². The van der Waals surface area contributed by atoms with Gasteiger partial charge >= 0.3 is 0 Å². The fourth-order valence-corrected chi connectivity index (χ4v) is 2.63. The van der Waals surface area contributed by atoms with Gasteiger partial charge in [-0.15, -0.1) is 0 Å². The van der Waals surface area contributed by atoms with Gasteiger partial charge in [0.25, 0.3) is 0 Å². The highest BCUT2D eigenvalue weighted by Crippen LogP contribution is 2.33. The fraction of sp³-hybridized carbons (Fsp3) is 0.250. The van der Waals surface area contributed by atoms with E-state index >= 15 is 0 Å². The predicted octanol–water partition coefficient (Wildman–Crippen LogP) is 4.78. The number of aromatic nitrogens is 2. The van der Waals surface area contributed by atoms with Gasteiger partial charge in [-0.2, -0.15) is 0 Å². The standard InChI is InChI=1S/C16H16BrN3O/c1-3-8-18-15-12(17)9-19-16(20-15)14-10(2)21-13-7-5-4-6-11(13)14/h4-7,9H,3,8H2,1-2H3,(H,18,19,20). The van der Waals surface area contributed by atoms with Crippen LogP contribution in [0.15, 0.2) is 39.4 Å². The van der Waals surface area contributed by atoms with Gasteiger partial charge in [-0.05, 0) is 35.3 Å². The van der Waals surface area contributed by atoms with E-state index in [0.29, 0.717) is 5.82 Å². The normalized spacial score (nSPS) is 11.0. The zero-order valence-corrected chi connectivity index (χ0v) is 13.6. The highest BCUT2D eigenvalue weighted by Gasteiger charge is 2.16. The number of para-hydroxylation sites is 1. The molecule has 0 aliphatic heterocycles. The summed E-state index contributed by atoms with van der Waals surface area (Å²) in [5.74, 6) is 2.32. The van der Waals surface area contributed by atoms with Crippen LogP contribution in [0.25, 0.3) is 22.4 Å². The van der Waals surface area contributed by atoms with Crippen molar-refractivity contribution in [3.63, 3.8) is 0 Å². The molecular formula is C16H16BrN3O. The quantitative estimate of drug-likeness (QED) is 0.738. The van der Waals surface area contributed by atoms with Crippen LogP contribution in [0.1, 0.15) is 19.1 Å². The van der Waals surface area contributed by atoms with Crippen molar-refractivity contribution in [3.05, 3.63) is 40.7 Å². The number of benzene rings is 1. The van der Waals surface area contributed by atoms with Crippen molar-refractivity contribution in [2.45, 2.75) is 20.3 Å². The Morgan fingerprint density at radius 1 is 1.29 bits per heavy atom. The van der Waals surface area contributed by atoms with Gasteiger partial charge in [0.05, 0.1) is 10.0 Å². The van der Waals surface area contributed by atoms with E-state index in [1.807, 2.05) is 31.2 Å². The maximum absolute atomic E-state index is 5.79. The number of nitrogens with zero attached hydrogens (tertiary/aromatic N) is 2. The SMILES string of the molecule is CCCNc1nc(-c2c(C)oc3ccccc23)ncc1Br. The number of nitrogens with one attached hydrogen (secondary N) is 1. The Labute approximate surface area is 131 Å². The van der Waals surface area contributed by atoms with Gasteiger partial charge in [-0.25, -0.2) is 9.97 Å². The van der Waals surface area contributed by atoms with E-state index in [1.165, 1.54) is 0 Å². The van der Waals surface area contributed by atoms with Crippen LogP contribution in [0.3, 0.4) is 0 Å². The smallest absolute Gasteiger partial charge is 0.165 e. The monoisotopic (exact) mass is 345 g/mol. The molecule has 0 amide bonds. The molecule has 0 saturated carbocycles. The molecule has 0 aliphatic carbocycles. The third-order valence-electron chi connectivity index (χ3n) is 3.28. The Bertz CT molecular complexity index is 782. The molecule has 5 heteroatoms. The summed E-state index contributed by atoms with van der Waals surface area (Å²) >= 11 is 3.48. The minimum atomic E-state index is 0.680. The maximum Gasteiger partial charge on any atom is 0.165 e. The van der Waals surface area contributed by atoms with Crippen molar-refractivity contribution in [2.75, 3.05) is 11.9 Å². The molecule has 0 bridgehead atoms. The molecule has 3 aromatic rings. The summed E-state index contributed by atoms with van der Waals surface area (Å²) in [6, 6.07) is 7.95. The molecule has 4 nitrogen and oxygen atoms in total. The molecule has 3 rings (SSSR count). The first-order chi connectivity index (χ1) is 10.2. The number of hydrogen-bond acceptors (Lipinski definition) is 4. The topological polar surface area (TPSA) is 51.0 Å². The van der Waals surface area contributed by atoms with Crippen LogP contribution < -0.4 is 5.32 Å². The lowest BCUT2D eigenvalue weighted by Gasteiger charge is -2.08. The minimum Gasteiger partial charge on any atom is -0.461 e. The lowest BCUT2D eigenvalue weighted by atomic mass is 10.1. The van der Waals surface area contributed by atoms with E-state index in [-0.39, 0.29) is 0 Å². The van der Waals surface area contributed by atoms with Crippen LogP contribution in [-0.2, 0) is 0 Å². The lowest BCUT2D eigenvalue weighted by Crippen LogP contribution is -2.04. The Balaban J connectivity index is 2.12. The zero-order valence-electron chi connectivity index (χ0n) is 12.0. The van der Waals surface area contributed by atoms with Crippen LogP contribution >= 0.6 is 15.9 Å². The van der Waals surface area contributed by atoms with Gasteiger partial charge in [0.2, 0.25) is 0 Å². The van der Waals surface area contributed by atoms with Crippen LogP contribution in [-0.4, -0.2) is 16.5 Å². The van der Waals surface area contributed by atoms with E-state index < -0.39 is 0 Å². The first kappa shape index (κ1) is 14.1. The molecule has 1 N–H and O–H groups in total. The van der Waals surface area contributed by atoms with Crippen molar-refractivity contribution in [1.29, 1.82) is 0 Å². The third-order valence-corrected chi connectivity index (χ3v) is 3.86. The number of aryl methyl sites for hydroxylation is 1. The molecule has 0 unspecified atom stereocenters. The molecule has 2 heterocycles. The second-order valence-corrected chi connectivity index (χ2v) is 5.70. The van der Waals surface area contributed by atoms with Crippen molar-refractivity contribution in [3.8, 4) is 11.4 Å². The summed E-state index contributed by atoms with van der Waals surface area (Å²) in [6.07, 6.45) is 2.82. The molecule has 0 aliphatic rings. The van der Waals surface area contributed by atoms with E-state index in [9.17, 15) is 0 Å². The predicted molar refractivity (Wildman–Crippen MR) is 88.5 cm³/mol. The van der Waals surface area contributed by atoms with Crippen LogP contribution in [0, 0.1) is 6.92 Å². The Hall–Kier alpha value is -1.88. The van der Waals surface area contributed by atoms with Crippen LogP contribution in [0.4, 0.5) is 5.82 Å². The molecule has 0 fully saturated rings. The van der Waals surface area contributed by atoms with Crippen molar-refractivity contribution >= 4 is 32.7 Å². The number of halogens is 1. The van der Waals surface area contributed by atoms with Gasteiger partial charge in [0.15, 0.2) is 5.82 Å². The lowest BCUT2D eigenvalue weighted by molar-refractivity contribution is 0.579. The number of hydrogen-bond donors (Lipinski definition) is 1. The molecule has 0 spiro atoms. The number of rotatable bonds is 4. The third kappa shape index (κ3) is 2.65. The summed E-state index contributed by atoms with van der Waals surface area (Å²) in [6.45, 7) is 4.94. The summed E-state index contributed by atoms with van der Waals surface area (Å²) in [7, 11) is 0. The average Bonchev–Trinajstić information content (AvgIpc) is 2.82. The molecule has 0 radical (unpaired) electrons. The highest BCUT2D eigenvalue weighted by molar-refractivity contribution is 9.10. The molecular weight excluding hydrogens is 330 g/mol. The second kappa shape index (κ2) is 5.85. The molecule has 1 aromatic carbocycles. The Morgan fingerprint density at radius 2 is 2.10 bits per heavy atom. The average molecular weight is 346 g/mol. The first-order valence-electron chi connectivity index (χ1n) is 6.95. The summed E-state index contributed by atoms with van der Waals surface area (Å²) in [5.41, 5.74) is 1.82. The van der Waals surface area contributed by atoms with Crippen molar-refractivity contribution in [1.82, 2.24) is 9.97 Å². The summed E-state index contributed by atoms with van der Waals surface area (Å²) < 4.78 is 6.66. The van der Waals surface area contributed by atoms with E-state index in [2.05, 4.69) is 38.1 Å². The molecule has 0 atom stereocenters. The number of fused-ring (bicyclic) bond motifs is 1. The Morgan fingerprint density at radius 3 is 2.90 bits per heavy atom. The number of furan rings is 1. The van der Waals surface area contributed by atoms with Gasteiger partial charge < -0.3 is 9.73 Å². The maximum atomic E-state index is 5.79. The van der Waals surface area contributed by atoms with Gasteiger partial charge in [-0.3, -0.25) is 0 Å². The second-order valence-electron chi connectivity index (χ2n) is 4.85. The summed E-state index contributed by atoms with van der Waals surface area (Å²) in [4.78, 5) is 9.08. The summed E-state index contributed by atoms with van der Waals surface area (Å²) in [5, 5.41) is 4.34. The molecule has 108 valence electrons. The van der Waals surface area contributed by atoms with Gasteiger partial charge in [0, 0.05) is 18.1 Å². The van der Waals surface area contributed by atoms with Crippen LogP contribution in [0.5, 0.6) is 0 Å². The van der Waals surface area contributed by atoms with E-state index in [1.54, 1.807) is 6.20 Å². The first-order valence-corrected chi connectivity index (χ1v) is 7.75. The molecule has 21 heavy (non-hydrogen) atoms. The molecule has 2 aromatic heterocycles. The Kier molecular flexibility index (Phi) is 3.92. The highest BCUT2D eigenvalue weighted by atomic mass is 79.9. The fourth-order valence-electron chi connectivity index (χ4n) is 2.30. The number of anilines is 1. The van der Waals surface area contributed by atoms with Gasteiger partial charge in [-0.1, -0.05) is 25.1 Å².